The van der Waals surface area contributed by atoms with Crippen LogP contribution >= 0.6 is 11.3 Å². The number of rotatable bonds is 1. The van der Waals surface area contributed by atoms with Gasteiger partial charge in [0.25, 0.3) is 0 Å². The van der Waals surface area contributed by atoms with Gasteiger partial charge in [0.1, 0.15) is 0 Å². The summed E-state index contributed by atoms with van der Waals surface area (Å²) in [5.74, 6) is 0. The lowest BCUT2D eigenvalue weighted by Crippen LogP contribution is -2.22. The molecule has 2 aromatic heterocycles. The fraction of sp³-hybridized carbons (Fsp3) is 0.400. The molecule has 0 unspecified atom stereocenters. The van der Waals surface area contributed by atoms with Crippen molar-refractivity contribution >= 4 is 11.3 Å². The Morgan fingerprint density at radius 2 is 2.47 bits per heavy atom. The van der Waals surface area contributed by atoms with Crippen molar-refractivity contribution in [2.75, 3.05) is 6.54 Å². The number of hydrogen-bond acceptors (Lipinski definition) is 4. The Balaban J connectivity index is 2.02. The quantitative estimate of drug-likeness (QED) is 0.787. The predicted molar refractivity (Wildman–Crippen MR) is 59.4 cm³/mol. The van der Waals surface area contributed by atoms with Crippen molar-refractivity contribution in [1.29, 1.82) is 0 Å². The number of fused-ring (bicyclic) bond motifs is 1. The van der Waals surface area contributed by atoms with Crippen molar-refractivity contribution in [3.8, 4) is 5.13 Å². The lowest BCUT2D eigenvalue weighted by Gasteiger charge is -2.09. The molecule has 0 saturated heterocycles. The number of aromatic nitrogens is 3. The zero-order valence-corrected chi connectivity index (χ0v) is 9.34. The van der Waals surface area contributed by atoms with Crippen molar-refractivity contribution < 1.29 is 0 Å². The van der Waals surface area contributed by atoms with E-state index in [-0.39, 0.29) is 0 Å². The van der Waals surface area contributed by atoms with Crippen LogP contribution in [0.3, 0.4) is 0 Å². The Labute approximate surface area is 92.0 Å². The molecule has 0 aromatic carbocycles. The molecule has 0 bridgehead atoms. The normalized spacial score (nSPS) is 15.3. The molecule has 0 radical (unpaired) electrons. The van der Waals surface area contributed by atoms with Crippen LogP contribution in [-0.4, -0.2) is 21.3 Å². The summed E-state index contributed by atoms with van der Waals surface area (Å²) in [6.45, 7) is 3.99. The van der Waals surface area contributed by atoms with Crippen molar-refractivity contribution in [1.82, 2.24) is 20.1 Å². The first kappa shape index (κ1) is 9.06. The van der Waals surface area contributed by atoms with Gasteiger partial charge in [-0.05, 0) is 25.5 Å². The first-order chi connectivity index (χ1) is 7.33. The molecular weight excluding hydrogens is 208 g/mol. The van der Waals surface area contributed by atoms with Crippen LogP contribution in [0.15, 0.2) is 12.4 Å². The van der Waals surface area contributed by atoms with E-state index in [4.69, 9.17) is 0 Å². The number of nitrogens with one attached hydrogen (secondary N) is 1. The molecule has 0 saturated carbocycles. The Kier molecular flexibility index (Phi) is 2.07. The van der Waals surface area contributed by atoms with Gasteiger partial charge in [-0.1, -0.05) is 0 Å². The van der Waals surface area contributed by atoms with Gasteiger partial charge < -0.3 is 5.32 Å². The maximum Gasteiger partial charge on any atom is 0.210 e. The lowest BCUT2D eigenvalue weighted by atomic mass is 10.1. The van der Waals surface area contributed by atoms with E-state index in [1.165, 1.54) is 10.4 Å². The molecule has 1 N–H and O–H groups in total. The van der Waals surface area contributed by atoms with E-state index in [9.17, 15) is 0 Å². The molecule has 15 heavy (non-hydrogen) atoms. The smallest absolute Gasteiger partial charge is 0.210 e. The molecule has 0 atom stereocenters. The van der Waals surface area contributed by atoms with Crippen molar-refractivity contribution in [2.24, 2.45) is 0 Å². The van der Waals surface area contributed by atoms with Crippen LogP contribution in [0, 0.1) is 6.92 Å². The van der Waals surface area contributed by atoms with Crippen LogP contribution in [0.5, 0.6) is 0 Å². The molecule has 0 aliphatic carbocycles. The third-order valence-electron chi connectivity index (χ3n) is 2.55. The molecular formula is C10H12N4S. The summed E-state index contributed by atoms with van der Waals surface area (Å²) in [7, 11) is 0. The van der Waals surface area contributed by atoms with E-state index in [1.54, 1.807) is 11.3 Å². The highest BCUT2D eigenvalue weighted by Gasteiger charge is 2.14. The van der Waals surface area contributed by atoms with Crippen LogP contribution < -0.4 is 5.32 Å². The van der Waals surface area contributed by atoms with Gasteiger partial charge in [0.05, 0.1) is 5.69 Å². The van der Waals surface area contributed by atoms with Crippen LogP contribution in [0.2, 0.25) is 0 Å². The third-order valence-corrected chi connectivity index (χ3v) is 3.45. The van der Waals surface area contributed by atoms with E-state index >= 15 is 0 Å². The number of aryl methyl sites for hydroxylation is 1. The van der Waals surface area contributed by atoms with E-state index in [0.29, 0.717) is 0 Å². The second kappa shape index (κ2) is 3.43. The maximum atomic E-state index is 4.54. The average molecular weight is 220 g/mol. The summed E-state index contributed by atoms with van der Waals surface area (Å²) in [4.78, 5) is 5.55. The number of hydrogen-bond donors (Lipinski definition) is 1. The molecule has 3 rings (SSSR count). The van der Waals surface area contributed by atoms with Gasteiger partial charge >= 0.3 is 0 Å². The minimum atomic E-state index is 0.882. The van der Waals surface area contributed by atoms with Crippen LogP contribution in [0.1, 0.15) is 16.1 Å². The highest BCUT2D eigenvalue weighted by molar-refractivity contribution is 7.13. The zero-order chi connectivity index (χ0) is 10.3. The van der Waals surface area contributed by atoms with Crippen molar-refractivity contribution in [2.45, 2.75) is 19.9 Å². The molecule has 4 nitrogen and oxygen atoms in total. The average Bonchev–Trinajstić information content (AvgIpc) is 2.82. The lowest BCUT2D eigenvalue weighted by molar-refractivity contribution is 0.629. The summed E-state index contributed by atoms with van der Waals surface area (Å²) < 4.78 is 1.90. The standard InChI is InChI=1S/C10H12N4S/c1-7-4-12-10(15-7)14-6-8-2-3-11-5-9(8)13-14/h4,6,11H,2-3,5H2,1H3. The van der Waals surface area contributed by atoms with Gasteiger partial charge in [-0.15, -0.1) is 11.3 Å². The fourth-order valence-corrected chi connectivity index (χ4v) is 2.47. The molecule has 1 aliphatic heterocycles. The van der Waals surface area contributed by atoms with Crippen LogP contribution in [0.4, 0.5) is 0 Å². The SMILES string of the molecule is Cc1cnc(-n2cc3c(n2)CNCC3)s1. The number of thiazole rings is 1. The van der Waals surface area contributed by atoms with Gasteiger partial charge in [0, 0.05) is 23.8 Å². The number of nitrogens with zero attached hydrogens (tertiary/aromatic N) is 3. The molecule has 1 aliphatic rings. The van der Waals surface area contributed by atoms with E-state index in [0.717, 1.165) is 30.3 Å². The van der Waals surface area contributed by atoms with Crippen molar-refractivity contribution in [3.63, 3.8) is 0 Å². The van der Waals surface area contributed by atoms with Gasteiger partial charge in [0.2, 0.25) is 5.13 Å². The molecule has 3 heterocycles. The molecule has 78 valence electrons. The first-order valence-corrected chi connectivity index (χ1v) is 5.85. The zero-order valence-electron chi connectivity index (χ0n) is 8.53. The van der Waals surface area contributed by atoms with Gasteiger partial charge in [-0.2, -0.15) is 5.10 Å². The Bertz CT molecular complexity index is 462. The summed E-state index contributed by atoms with van der Waals surface area (Å²) in [6.07, 6.45) is 5.06. The summed E-state index contributed by atoms with van der Waals surface area (Å²) in [6, 6.07) is 0. The summed E-state index contributed by atoms with van der Waals surface area (Å²) >= 11 is 1.67. The van der Waals surface area contributed by atoms with Gasteiger partial charge in [-0.3, -0.25) is 0 Å². The largest absolute Gasteiger partial charge is 0.311 e. The molecule has 0 spiro atoms. The van der Waals surface area contributed by atoms with Crippen molar-refractivity contribution in [3.05, 3.63) is 28.5 Å². The third kappa shape index (κ3) is 1.57. The Morgan fingerprint density at radius 3 is 3.20 bits per heavy atom. The fourth-order valence-electron chi connectivity index (χ4n) is 1.78. The highest BCUT2D eigenvalue weighted by atomic mass is 32.1. The molecule has 5 heteroatoms. The van der Waals surface area contributed by atoms with Crippen LogP contribution in [-0.2, 0) is 13.0 Å². The van der Waals surface area contributed by atoms with E-state index < -0.39 is 0 Å². The topological polar surface area (TPSA) is 42.7 Å². The second-order valence-corrected chi connectivity index (χ2v) is 4.94. The molecule has 0 fully saturated rings. The second-order valence-electron chi connectivity index (χ2n) is 3.73. The van der Waals surface area contributed by atoms with E-state index in [2.05, 4.69) is 28.5 Å². The summed E-state index contributed by atoms with van der Waals surface area (Å²) in [5, 5.41) is 8.81. The minimum absolute atomic E-state index is 0.882. The minimum Gasteiger partial charge on any atom is -0.311 e. The first-order valence-electron chi connectivity index (χ1n) is 5.04. The van der Waals surface area contributed by atoms with E-state index in [1.807, 2.05) is 10.9 Å². The summed E-state index contributed by atoms with van der Waals surface area (Å²) in [5.41, 5.74) is 2.51. The highest BCUT2D eigenvalue weighted by Crippen LogP contribution is 2.19. The Morgan fingerprint density at radius 1 is 1.53 bits per heavy atom. The van der Waals surface area contributed by atoms with Gasteiger partial charge in [-0.25, -0.2) is 9.67 Å². The van der Waals surface area contributed by atoms with Gasteiger partial charge in [0.15, 0.2) is 0 Å². The Hall–Kier alpha value is -1.20. The van der Waals surface area contributed by atoms with Crippen LogP contribution in [0.25, 0.3) is 5.13 Å². The maximum absolute atomic E-state index is 4.54. The monoisotopic (exact) mass is 220 g/mol. The molecule has 0 amide bonds. The predicted octanol–water partition coefficient (Wildman–Crippen LogP) is 1.28. The molecule has 2 aromatic rings.